The zero-order valence-electron chi connectivity index (χ0n) is 22.6. The van der Waals surface area contributed by atoms with E-state index in [1.165, 1.54) is 69.6 Å². The van der Waals surface area contributed by atoms with E-state index in [1.807, 2.05) is 0 Å². The van der Waals surface area contributed by atoms with E-state index < -0.39 is 24.0 Å². The largest absolute Gasteiger partial charge is 0.442 e. The Morgan fingerprint density at radius 1 is 1.20 bits per heavy atom. The van der Waals surface area contributed by atoms with Gasteiger partial charge in [0, 0.05) is 55.3 Å². The average molecular weight is 627 g/mol. The van der Waals surface area contributed by atoms with Gasteiger partial charge in [0.15, 0.2) is 23.4 Å². The molecule has 1 unspecified atom stereocenters. The molecule has 0 saturated carbocycles. The van der Waals surface area contributed by atoms with Crippen LogP contribution in [-0.4, -0.2) is 77.3 Å². The predicted molar refractivity (Wildman–Crippen MR) is 150 cm³/mol. The number of hydrogen-bond acceptors (Lipinski definition) is 10. The summed E-state index contributed by atoms with van der Waals surface area (Å²) in [7, 11) is 0. The fraction of sp³-hybridized carbons (Fsp3) is 0.222. The first-order valence-electron chi connectivity index (χ1n) is 13.1. The van der Waals surface area contributed by atoms with Crippen molar-refractivity contribution in [3.8, 4) is 11.3 Å². The van der Waals surface area contributed by atoms with Crippen molar-refractivity contribution in [3.05, 3.63) is 83.6 Å². The summed E-state index contributed by atoms with van der Waals surface area (Å²) < 4.78 is 49.8. The lowest BCUT2D eigenvalue weighted by Crippen LogP contribution is -2.54. The predicted octanol–water partition coefficient (Wildman–Crippen LogP) is 3.39. The molecule has 13 nitrogen and oxygen atoms in total. The van der Waals surface area contributed by atoms with Crippen LogP contribution in [0.15, 0.2) is 61.7 Å². The zero-order valence-corrected chi connectivity index (χ0v) is 23.3. The number of hydrogen-bond donors (Lipinski definition) is 2. The van der Waals surface area contributed by atoms with Crippen LogP contribution < -0.4 is 10.6 Å². The number of imidazole rings is 1. The monoisotopic (exact) mass is 626 g/mol. The lowest BCUT2D eigenvalue weighted by Gasteiger charge is -2.34. The Bertz CT molecular complexity index is 1830. The van der Waals surface area contributed by atoms with Gasteiger partial charge in [0.1, 0.15) is 6.33 Å². The summed E-state index contributed by atoms with van der Waals surface area (Å²) in [5, 5.41) is 10.1. The second-order valence-electron chi connectivity index (χ2n) is 9.66. The topological polar surface area (TPSA) is 144 Å². The van der Waals surface area contributed by atoms with Gasteiger partial charge in [0.25, 0.3) is 12.4 Å². The number of aromatic nitrogens is 7. The molecule has 1 atom stereocenters. The minimum absolute atomic E-state index is 0.0354. The molecule has 0 aliphatic carbocycles. The van der Waals surface area contributed by atoms with Crippen molar-refractivity contribution >= 4 is 41.1 Å². The van der Waals surface area contributed by atoms with Crippen molar-refractivity contribution in [2.45, 2.75) is 18.9 Å². The number of fused-ring (bicyclic) bond motifs is 1. The summed E-state index contributed by atoms with van der Waals surface area (Å²) in [6.45, 7) is 1.45. The number of alkyl halides is 3. The van der Waals surface area contributed by atoms with Crippen LogP contribution in [0.1, 0.15) is 21.6 Å². The van der Waals surface area contributed by atoms with E-state index in [1.54, 1.807) is 6.07 Å². The number of carbonyl (C=O) groups excluding carboxylic acids is 2. The molecule has 5 heterocycles. The van der Waals surface area contributed by atoms with Crippen molar-refractivity contribution < 1.29 is 27.5 Å². The Balaban J connectivity index is 1.28. The molecule has 226 valence electrons. The molecule has 1 saturated heterocycles. The van der Waals surface area contributed by atoms with Gasteiger partial charge in [-0.25, -0.2) is 19.9 Å². The summed E-state index contributed by atoms with van der Waals surface area (Å²) in [5.74, 6) is -0.174. The molecule has 1 amide bonds. The van der Waals surface area contributed by atoms with Crippen LogP contribution in [0, 0.1) is 0 Å². The molecule has 1 aliphatic rings. The number of anilines is 2. The molecule has 1 aromatic carbocycles. The molecule has 4 aromatic heterocycles. The van der Waals surface area contributed by atoms with Crippen LogP contribution in [0.2, 0.25) is 5.02 Å². The Kier molecular flexibility index (Phi) is 7.84. The van der Waals surface area contributed by atoms with E-state index in [4.69, 9.17) is 16.3 Å². The first-order chi connectivity index (χ1) is 21.2. The van der Waals surface area contributed by atoms with Gasteiger partial charge < -0.3 is 20.3 Å². The van der Waals surface area contributed by atoms with Gasteiger partial charge in [-0.15, -0.1) is 0 Å². The minimum Gasteiger partial charge on any atom is -0.442 e. The number of nitrogens with one attached hydrogen (secondary N) is 2. The highest BCUT2D eigenvalue weighted by Gasteiger charge is 2.38. The fourth-order valence-electron chi connectivity index (χ4n) is 4.86. The molecule has 5 aromatic rings. The molecule has 17 heteroatoms. The smallest absolute Gasteiger partial charge is 0.435 e. The van der Waals surface area contributed by atoms with Crippen molar-refractivity contribution in [2.75, 3.05) is 25.0 Å². The van der Waals surface area contributed by atoms with E-state index in [0.29, 0.717) is 24.3 Å². The highest BCUT2D eigenvalue weighted by molar-refractivity contribution is 6.34. The van der Waals surface area contributed by atoms with Crippen molar-refractivity contribution in [1.29, 1.82) is 0 Å². The number of halogens is 4. The van der Waals surface area contributed by atoms with Crippen LogP contribution in [0.5, 0.6) is 0 Å². The number of amides is 1. The van der Waals surface area contributed by atoms with Gasteiger partial charge in [0.2, 0.25) is 0 Å². The third kappa shape index (κ3) is 5.76. The van der Waals surface area contributed by atoms with E-state index >= 15 is 0 Å². The third-order valence-electron chi connectivity index (χ3n) is 6.82. The number of piperazine rings is 1. The Hall–Kier alpha value is -5.09. The van der Waals surface area contributed by atoms with Crippen LogP contribution >= 0.6 is 11.6 Å². The van der Waals surface area contributed by atoms with Crippen LogP contribution in [-0.2, 0) is 22.3 Å². The van der Waals surface area contributed by atoms with Gasteiger partial charge in [-0.3, -0.25) is 18.7 Å². The second-order valence-corrected chi connectivity index (χ2v) is 10.1. The number of benzene rings is 1. The van der Waals surface area contributed by atoms with Crippen LogP contribution in [0.25, 0.3) is 16.9 Å². The highest BCUT2D eigenvalue weighted by atomic mass is 35.5. The molecule has 1 aliphatic heterocycles. The van der Waals surface area contributed by atoms with E-state index in [0.717, 1.165) is 0 Å². The lowest BCUT2D eigenvalue weighted by atomic mass is 10.1. The Morgan fingerprint density at radius 3 is 2.77 bits per heavy atom. The molecule has 0 radical (unpaired) electrons. The molecular weight excluding hydrogens is 605 g/mol. The van der Waals surface area contributed by atoms with E-state index in [2.05, 4.69) is 35.7 Å². The van der Waals surface area contributed by atoms with E-state index in [9.17, 15) is 22.8 Å². The van der Waals surface area contributed by atoms with Crippen molar-refractivity contribution in [2.24, 2.45) is 0 Å². The van der Waals surface area contributed by atoms with E-state index in [-0.39, 0.29) is 52.9 Å². The summed E-state index contributed by atoms with van der Waals surface area (Å²) in [6, 6.07) is 4.64. The SMILES string of the molecule is O=COC1CNCCN1C(=O)c1ccc(Nc2nccn3c(-c4cn(Cc5cncnc5)nc4C(F)(F)F)cnc23)cc1Cl. The summed E-state index contributed by atoms with van der Waals surface area (Å²) in [6.07, 6.45) is 4.34. The average Bonchev–Trinajstić information content (AvgIpc) is 3.63. The molecule has 0 spiro atoms. The number of ether oxygens (including phenoxy) is 1. The molecule has 44 heavy (non-hydrogen) atoms. The molecule has 6 rings (SSSR count). The maximum Gasteiger partial charge on any atom is 0.435 e. The van der Waals surface area contributed by atoms with Crippen molar-refractivity contribution in [3.63, 3.8) is 0 Å². The first kappa shape index (κ1) is 29.0. The lowest BCUT2D eigenvalue weighted by molar-refractivity contribution is -0.142. The number of nitrogens with zero attached hydrogens (tertiary/aromatic N) is 8. The molecule has 1 fully saturated rings. The third-order valence-corrected chi connectivity index (χ3v) is 7.14. The highest BCUT2D eigenvalue weighted by Crippen LogP contribution is 2.37. The van der Waals surface area contributed by atoms with Gasteiger partial charge in [-0.05, 0) is 18.2 Å². The Labute approximate surface area is 251 Å². The summed E-state index contributed by atoms with van der Waals surface area (Å²) >= 11 is 6.48. The first-order valence-corrected chi connectivity index (χ1v) is 13.5. The number of rotatable bonds is 8. The van der Waals surface area contributed by atoms with Crippen LogP contribution in [0.3, 0.4) is 0 Å². The normalized spacial score (nSPS) is 15.4. The van der Waals surface area contributed by atoms with Gasteiger partial charge in [-0.2, -0.15) is 18.3 Å². The number of carbonyl (C=O) groups is 2. The fourth-order valence-corrected chi connectivity index (χ4v) is 5.12. The van der Waals surface area contributed by atoms with Crippen LogP contribution in [0.4, 0.5) is 24.7 Å². The minimum atomic E-state index is -4.73. The maximum absolute atomic E-state index is 14.0. The summed E-state index contributed by atoms with van der Waals surface area (Å²) in [5.41, 5.74) is 0.381. The standard InChI is InChI=1S/C27H22ClF3N10O3/c28-20-7-17(1-2-18(20)26(43)41-5-3-32-11-22(41)44-15-42)37-24-25-36-10-21(40(25)6-4-35-24)19-13-39(38-23(19)27(29,30)31)12-16-8-33-14-34-9-16/h1-2,4,6-10,13-15,22,32H,3,5,11-12H2,(H,35,37). The quantitative estimate of drug-likeness (QED) is 0.246. The zero-order chi connectivity index (χ0) is 30.8. The van der Waals surface area contributed by atoms with Crippen molar-refractivity contribution in [1.82, 2.24) is 44.3 Å². The molecular formula is C27H22ClF3N10O3. The second kappa shape index (κ2) is 11.9. The molecule has 2 N–H and O–H groups in total. The summed E-state index contributed by atoms with van der Waals surface area (Å²) in [4.78, 5) is 41.9. The van der Waals surface area contributed by atoms with Gasteiger partial charge in [0.05, 0.1) is 41.1 Å². The van der Waals surface area contributed by atoms with Gasteiger partial charge in [-0.1, -0.05) is 11.6 Å². The Morgan fingerprint density at radius 2 is 2.02 bits per heavy atom. The maximum atomic E-state index is 14.0. The molecule has 0 bridgehead atoms. The van der Waals surface area contributed by atoms with Gasteiger partial charge >= 0.3 is 6.18 Å².